The molecule has 3 aliphatic rings. The van der Waals surface area contributed by atoms with Crippen LogP contribution < -0.4 is 10.6 Å². The maximum atomic E-state index is 14.2. The minimum atomic E-state index is -1.44. The van der Waals surface area contributed by atoms with E-state index in [1.54, 1.807) is 0 Å². The van der Waals surface area contributed by atoms with Gasteiger partial charge in [-0.15, -0.1) is 0 Å². The van der Waals surface area contributed by atoms with E-state index in [0.717, 1.165) is 5.56 Å². The molecule has 0 saturated carbocycles. The van der Waals surface area contributed by atoms with Crippen molar-refractivity contribution in [2.24, 2.45) is 17.8 Å². The zero-order valence-electron chi connectivity index (χ0n) is 17.4. The summed E-state index contributed by atoms with van der Waals surface area (Å²) in [6.07, 6.45) is 0.544. The summed E-state index contributed by atoms with van der Waals surface area (Å²) < 4.78 is 14.2. The van der Waals surface area contributed by atoms with Crippen LogP contribution in [0.3, 0.4) is 0 Å². The van der Waals surface area contributed by atoms with E-state index >= 15 is 0 Å². The van der Waals surface area contributed by atoms with E-state index in [0.29, 0.717) is 17.7 Å². The highest BCUT2D eigenvalue weighted by atomic mass is 19.1. The Bertz CT molecular complexity index is 1090. The first-order chi connectivity index (χ1) is 14.8. The Labute approximate surface area is 179 Å². The van der Waals surface area contributed by atoms with Gasteiger partial charge in [0.15, 0.2) is 0 Å². The lowest BCUT2D eigenvalue weighted by Crippen LogP contribution is -2.54. The maximum Gasteiger partial charge on any atom is 0.250 e. The molecule has 2 saturated heterocycles. The average Bonchev–Trinajstić information content (AvgIpc) is 3.33. The molecule has 6 nitrogen and oxygen atoms in total. The van der Waals surface area contributed by atoms with Gasteiger partial charge in [0, 0.05) is 23.8 Å². The van der Waals surface area contributed by atoms with Crippen molar-refractivity contribution in [2.75, 3.05) is 11.9 Å². The highest BCUT2D eigenvalue weighted by Crippen LogP contribution is 2.53. The van der Waals surface area contributed by atoms with E-state index < -0.39 is 29.1 Å². The normalized spacial score (nSPS) is 29.1. The van der Waals surface area contributed by atoms with E-state index in [1.807, 2.05) is 44.2 Å². The molecule has 160 valence electrons. The zero-order valence-corrected chi connectivity index (χ0v) is 17.4. The number of nitrogens with zero attached hydrogens (tertiary/aromatic N) is 1. The molecular formula is C24H24FN3O3. The van der Waals surface area contributed by atoms with Gasteiger partial charge in [-0.25, -0.2) is 4.39 Å². The molecular weight excluding hydrogens is 397 g/mol. The SMILES string of the molecule is CC(C)[C@H]1N[C@]2(C(=O)Nc3ccc(F)cc32)[C@@H]2C(=O)N(CCc3ccccc3)C(=O)[C@H]12. The van der Waals surface area contributed by atoms with Gasteiger partial charge >= 0.3 is 0 Å². The Morgan fingerprint density at radius 2 is 1.81 bits per heavy atom. The molecule has 0 aromatic heterocycles. The van der Waals surface area contributed by atoms with Crippen molar-refractivity contribution in [1.29, 1.82) is 0 Å². The second kappa shape index (κ2) is 6.99. The number of halogens is 1. The van der Waals surface area contributed by atoms with Gasteiger partial charge in [0.25, 0.3) is 0 Å². The van der Waals surface area contributed by atoms with Crippen LogP contribution >= 0.6 is 0 Å². The van der Waals surface area contributed by atoms with Crippen LogP contribution in [0.4, 0.5) is 10.1 Å². The lowest BCUT2D eigenvalue weighted by molar-refractivity contribution is -0.142. The molecule has 3 amide bonds. The van der Waals surface area contributed by atoms with Gasteiger partial charge in [-0.05, 0) is 36.1 Å². The molecule has 7 heteroatoms. The zero-order chi connectivity index (χ0) is 21.9. The first-order valence-electron chi connectivity index (χ1n) is 10.6. The fraction of sp³-hybridized carbons (Fsp3) is 0.375. The van der Waals surface area contributed by atoms with E-state index in [1.165, 1.54) is 23.1 Å². The molecule has 2 N–H and O–H groups in total. The number of hydrogen-bond donors (Lipinski definition) is 2. The van der Waals surface area contributed by atoms with Gasteiger partial charge < -0.3 is 5.32 Å². The topological polar surface area (TPSA) is 78.5 Å². The van der Waals surface area contributed by atoms with Crippen LogP contribution in [0.25, 0.3) is 0 Å². The summed E-state index contributed by atoms with van der Waals surface area (Å²) >= 11 is 0. The third kappa shape index (κ3) is 2.76. The summed E-state index contributed by atoms with van der Waals surface area (Å²) in [6, 6.07) is 13.4. The Morgan fingerprint density at radius 3 is 2.52 bits per heavy atom. The Kier molecular flexibility index (Phi) is 4.48. The van der Waals surface area contributed by atoms with Gasteiger partial charge in [-0.1, -0.05) is 44.2 Å². The number of carbonyl (C=O) groups is 3. The number of carbonyl (C=O) groups excluding carboxylic acids is 3. The molecule has 2 aromatic rings. The van der Waals surface area contributed by atoms with Crippen LogP contribution in [0.5, 0.6) is 0 Å². The van der Waals surface area contributed by atoms with Crippen LogP contribution in [0.2, 0.25) is 0 Å². The molecule has 2 aromatic carbocycles. The van der Waals surface area contributed by atoms with E-state index in [9.17, 15) is 18.8 Å². The first kappa shape index (κ1) is 19.9. The van der Waals surface area contributed by atoms with Crippen LogP contribution in [0.1, 0.15) is 25.0 Å². The van der Waals surface area contributed by atoms with Crippen molar-refractivity contribution in [3.05, 3.63) is 65.5 Å². The summed E-state index contributed by atoms with van der Waals surface area (Å²) in [7, 11) is 0. The number of benzene rings is 2. The molecule has 2 fully saturated rings. The number of imide groups is 1. The molecule has 0 aliphatic carbocycles. The van der Waals surface area contributed by atoms with Crippen LogP contribution in [0, 0.1) is 23.6 Å². The maximum absolute atomic E-state index is 14.2. The number of nitrogens with one attached hydrogen (secondary N) is 2. The molecule has 3 aliphatic heterocycles. The van der Waals surface area contributed by atoms with Gasteiger partial charge in [-0.2, -0.15) is 0 Å². The lowest BCUT2D eigenvalue weighted by Gasteiger charge is -2.30. The molecule has 0 radical (unpaired) electrons. The molecule has 0 unspecified atom stereocenters. The first-order valence-corrected chi connectivity index (χ1v) is 10.6. The number of fused-ring (bicyclic) bond motifs is 4. The summed E-state index contributed by atoms with van der Waals surface area (Å²) in [4.78, 5) is 41.5. The van der Waals surface area contributed by atoms with Gasteiger partial charge in [-0.3, -0.25) is 24.6 Å². The quantitative estimate of drug-likeness (QED) is 0.744. The van der Waals surface area contributed by atoms with Crippen LogP contribution in [0.15, 0.2) is 48.5 Å². The van der Waals surface area contributed by atoms with Crippen LogP contribution in [-0.4, -0.2) is 35.2 Å². The number of hydrogen-bond acceptors (Lipinski definition) is 4. The smallest absolute Gasteiger partial charge is 0.250 e. The molecule has 31 heavy (non-hydrogen) atoms. The molecule has 4 atom stereocenters. The number of rotatable bonds is 4. The van der Waals surface area contributed by atoms with Crippen molar-refractivity contribution in [3.63, 3.8) is 0 Å². The standard InChI is InChI=1S/C24H24FN3O3/c1-13(2)20-18-19(22(30)28(21(18)29)11-10-14-6-4-3-5-7-14)24(27-20)16-12-15(25)8-9-17(16)26-23(24)31/h3-9,12-13,18-20,27H,10-11H2,1-2H3,(H,26,31)/t18-,19-,20+,24-/m0/s1. The molecule has 3 heterocycles. The summed E-state index contributed by atoms with van der Waals surface area (Å²) in [5, 5.41) is 6.10. The highest BCUT2D eigenvalue weighted by Gasteiger charge is 2.70. The second-order valence-corrected chi connectivity index (χ2v) is 8.93. The third-order valence-corrected chi connectivity index (χ3v) is 6.89. The number of anilines is 1. The Morgan fingerprint density at radius 1 is 1.06 bits per heavy atom. The minimum Gasteiger partial charge on any atom is -0.324 e. The number of amides is 3. The van der Waals surface area contributed by atoms with Gasteiger partial charge in [0.05, 0.1) is 11.8 Å². The third-order valence-electron chi connectivity index (χ3n) is 6.89. The number of likely N-dealkylation sites (tertiary alicyclic amines) is 1. The van der Waals surface area contributed by atoms with Crippen molar-refractivity contribution in [1.82, 2.24) is 10.2 Å². The summed E-state index contributed by atoms with van der Waals surface area (Å²) in [5.74, 6) is -3.07. The van der Waals surface area contributed by atoms with E-state index in [4.69, 9.17) is 0 Å². The fourth-order valence-corrected chi connectivity index (χ4v) is 5.44. The van der Waals surface area contributed by atoms with Crippen molar-refractivity contribution in [3.8, 4) is 0 Å². The summed E-state index contributed by atoms with van der Waals surface area (Å²) in [6.45, 7) is 4.17. The largest absolute Gasteiger partial charge is 0.324 e. The predicted molar refractivity (Wildman–Crippen MR) is 112 cm³/mol. The summed E-state index contributed by atoms with van der Waals surface area (Å²) in [5.41, 5.74) is 0.469. The van der Waals surface area contributed by atoms with Crippen molar-refractivity contribution >= 4 is 23.4 Å². The Balaban J connectivity index is 1.55. The minimum absolute atomic E-state index is 0.00288. The van der Waals surface area contributed by atoms with E-state index in [2.05, 4.69) is 10.6 Å². The van der Waals surface area contributed by atoms with Crippen LogP contribution in [-0.2, 0) is 26.3 Å². The monoisotopic (exact) mass is 421 g/mol. The predicted octanol–water partition coefficient (Wildman–Crippen LogP) is 2.44. The van der Waals surface area contributed by atoms with Gasteiger partial charge in [0.1, 0.15) is 11.4 Å². The van der Waals surface area contributed by atoms with Gasteiger partial charge in [0.2, 0.25) is 17.7 Å². The average molecular weight is 421 g/mol. The highest BCUT2D eigenvalue weighted by molar-refractivity contribution is 6.15. The lowest BCUT2D eigenvalue weighted by atomic mass is 9.76. The second-order valence-electron chi connectivity index (χ2n) is 8.93. The van der Waals surface area contributed by atoms with Crippen molar-refractivity contribution < 1.29 is 18.8 Å². The molecule has 0 bridgehead atoms. The van der Waals surface area contributed by atoms with Crippen molar-refractivity contribution in [2.45, 2.75) is 31.8 Å². The fourth-order valence-electron chi connectivity index (χ4n) is 5.44. The Hall–Kier alpha value is -3.06. The molecule has 1 spiro atoms. The van der Waals surface area contributed by atoms with E-state index in [-0.39, 0.29) is 30.3 Å². The molecule has 5 rings (SSSR count).